The number of nitrogens with zero attached hydrogens (tertiary/aromatic N) is 1. The van der Waals surface area contributed by atoms with E-state index in [0.29, 0.717) is 22.6 Å². The molecule has 0 spiro atoms. The average molecular weight is 297 g/mol. The van der Waals surface area contributed by atoms with Crippen molar-refractivity contribution in [2.75, 3.05) is 0 Å². The van der Waals surface area contributed by atoms with Gasteiger partial charge in [-0.1, -0.05) is 6.07 Å². The van der Waals surface area contributed by atoms with E-state index < -0.39 is 17.7 Å². The molecule has 2 rings (SSSR count). The minimum Gasteiger partial charge on any atom is -0.481 e. The molecule has 0 aliphatic rings. The third-order valence-electron chi connectivity index (χ3n) is 3.31. The molecule has 112 valence electrons. The number of halogens is 3. The van der Waals surface area contributed by atoms with Gasteiger partial charge in [0.15, 0.2) is 0 Å². The summed E-state index contributed by atoms with van der Waals surface area (Å²) >= 11 is 0. The van der Waals surface area contributed by atoms with Crippen molar-refractivity contribution in [1.29, 1.82) is 0 Å². The minimum absolute atomic E-state index is 0.154. The molecule has 0 aliphatic heterocycles. The molecule has 2 aromatic rings. The van der Waals surface area contributed by atoms with E-state index in [1.807, 2.05) is 0 Å². The van der Waals surface area contributed by atoms with E-state index in [2.05, 4.69) is 0 Å². The molecule has 1 aromatic carbocycles. The first kappa shape index (κ1) is 15.2. The zero-order chi connectivity index (χ0) is 15.8. The predicted octanol–water partition coefficient (Wildman–Crippen LogP) is 3.74. The molecule has 21 heavy (non-hydrogen) atoms. The highest BCUT2D eigenvalue weighted by Crippen LogP contribution is 2.31. The number of aryl methyl sites for hydroxylation is 1. The van der Waals surface area contributed by atoms with Gasteiger partial charge in [-0.25, -0.2) is 0 Å². The molecule has 0 amide bonds. The van der Waals surface area contributed by atoms with Crippen LogP contribution in [0.2, 0.25) is 0 Å². The van der Waals surface area contributed by atoms with Gasteiger partial charge in [-0.2, -0.15) is 13.2 Å². The van der Waals surface area contributed by atoms with Crippen molar-refractivity contribution in [3.8, 4) is 5.69 Å². The van der Waals surface area contributed by atoms with Crippen molar-refractivity contribution in [2.45, 2.75) is 26.4 Å². The molecule has 1 aromatic heterocycles. The molecule has 1 heterocycles. The summed E-state index contributed by atoms with van der Waals surface area (Å²) in [7, 11) is 0. The lowest BCUT2D eigenvalue weighted by atomic mass is 10.1. The average Bonchev–Trinajstić information content (AvgIpc) is 2.63. The van der Waals surface area contributed by atoms with E-state index in [-0.39, 0.29) is 6.42 Å². The molecule has 3 nitrogen and oxygen atoms in total. The van der Waals surface area contributed by atoms with E-state index in [9.17, 15) is 18.0 Å². The maximum absolute atomic E-state index is 12.8. The van der Waals surface area contributed by atoms with Crippen molar-refractivity contribution < 1.29 is 23.1 Å². The molecular weight excluding hydrogens is 283 g/mol. The van der Waals surface area contributed by atoms with Crippen LogP contribution in [0.3, 0.4) is 0 Å². The summed E-state index contributed by atoms with van der Waals surface area (Å²) in [5, 5.41) is 8.85. The summed E-state index contributed by atoms with van der Waals surface area (Å²) in [6.45, 7) is 3.43. The van der Waals surface area contributed by atoms with Gasteiger partial charge in [-0.05, 0) is 43.7 Å². The van der Waals surface area contributed by atoms with E-state index in [1.54, 1.807) is 30.5 Å². The van der Waals surface area contributed by atoms with E-state index in [4.69, 9.17) is 5.11 Å². The van der Waals surface area contributed by atoms with Gasteiger partial charge in [0.25, 0.3) is 0 Å². The lowest BCUT2D eigenvalue weighted by molar-refractivity contribution is -0.138. The Bertz CT molecular complexity index is 687. The number of alkyl halides is 3. The Balaban J connectivity index is 2.52. The Morgan fingerprint density at radius 3 is 2.48 bits per heavy atom. The largest absolute Gasteiger partial charge is 0.481 e. The highest BCUT2D eigenvalue weighted by molar-refractivity contribution is 5.71. The molecule has 0 fully saturated rings. The zero-order valence-corrected chi connectivity index (χ0v) is 11.5. The Morgan fingerprint density at radius 2 is 1.90 bits per heavy atom. The molecule has 0 saturated carbocycles. The van der Waals surface area contributed by atoms with Gasteiger partial charge < -0.3 is 9.67 Å². The van der Waals surface area contributed by atoms with Gasteiger partial charge in [-0.15, -0.1) is 0 Å². The van der Waals surface area contributed by atoms with Gasteiger partial charge >= 0.3 is 12.1 Å². The third kappa shape index (κ3) is 3.09. The number of aromatic nitrogens is 1. The normalized spacial score (nSPS) is 11.7. The van der Waals surface area contributed by atoms with E-state index in [0.717, 1.165) is 12.1 Å². The number of carboxylic acids is 1. The molecular formula is C15H14F3NO2. The SMILES string of the molecule is Cc1cc(CC(=O)O)c(C)n1-c1cccc(C(F)(F)F)c1. The Morgan fingerprint density at radius 1 is 1.24 bits per heavy atom. The smallest absolute Gasteiger partial charge is 0.416 e. The van der Waals surface area contributed by atoms with Crippen molar-refractivity contribution in [2.24, 2.45) is 0 Å². The summed E-state index contributed by atoms with van der Waals surface area (Å²) < 4.78 is 40.0. The van der Waals surface area contributed by atoms with E-state index in [1.165, 1.54) is 6.07 Å². The standard InChI is InChI=1S/C15H14F3NO2/c1-9-6-11(7-14(20)21)10(2)19(9)13-5-3-4-12(8-13)15(16,17)18/h3-6,8H,7H2,1-2H3,(H,20,21). The van der Waals surface area contributed by atoms with Gasteiger partial charge in [-0.3, -0.25) is 4.79 Å². The van der Waals surface area contributed by atoms with Crippen LogP contribution in [0, 0.1) is 13.8 Å². The quantitative estimate of drug-likeness (QED) is 0.937. The van der Waals surface area contributed by atoms with Crippen molar-refractivity contribution in [1.82, 2.24) is 4.57 Å². The topological polar surface area (TPSA) is 42.2 Å². The monoisotopic (exact) mass is 297 g/mol. The van der Waals surface area contributed by atoms with Gasteiger partial charge in [0.05, 0.1) is 12.0 Å². The molecule has 1 N–H and O–H groups in total. The van der Waals surface area contributed by atoms with Crippen molar-refractivity contribution in [3.63, 3.8) is 0 Å². The third-order valence-corrected chi connectivity index (χ3v) is 3.31. The van der Waals surface area contributed by atoms with E-state index >= 15 is 0 Å². The van der Waals surface area contributed by atoms with Gasteiger partial charge in [0, 0.05) is 17.1 Å². The molecule has 0 radical (unpaired) electrons. The van der Waals surface area contributed by atoms with Gasteiger partial charge in [0.2, 0.25) is 0 Å². The van der Waals surface area contributed by atoms with Crippen LogP contribution in [-0.2, 0) is 17.4 Å². The van der Waals surface area contributed by atoms with Crippen LogP contribution in [0.1, 0.15) is 22.5 Å². The molecule has 0 unspecified atom stereocenters. The lowest BCUT2D eigenvalue weighted by Crippen LogP contribution is -2.07. The second-order valence-electron chi connectivity index (χ2n) is 4.85. The predicted molar refractivity (Wildman–Crippen MR) is 71.6 cm³/mol. The van der Waals surface area contributed by atoms with Crippen LogP contribution < -0.4 is 0 Å². The fourth-order valence-corrected chi connectivity index (χ4v) is 2.39. The summed E-state index contributed by atoms with van der Waals surface area (Å²) in [6.07, 6.45) is -4.56. The number of carboxylic acid groups (broad SMARTS) is 1. The van der Waals surface area contributed by atoms with Crippen LogP contribution in [0.15, 0.2) is 30.3 Å². The molecule has 6 heteroatoms. The maximum Gasteiger partial charge on any atom is 0.416 e. The minimum atomic E-state index is -4.41. The van der Waals surface area contributed by atoms with Crippen LogP contribution in [0.25, 0.3) is 5.69 Å². The molecule has 0 bridgehead atoms. The maximum atomic E-state index is 12.8. The second kappa shape index (κ2) is 5.27. The summed E-state index contributed by atoms with van der Waals surface area (Å²) in [5.41, 5.74) is 1.57. The Hall–Kier alpha value is -2.24. The zero-order valence-electron chi connectivity index (χ0n) is 11.5. The van der Waals surface area contributed by atoms with Crippen LogP contribution in [0.4, 0.5) is 13.2 Å². The van der Waals surface area contributed by atoms with Gasteiger partial charge in [0.1, 0.15) is 0 Å². The Labute approximate surface area is 119 Å². The first-order valence-corrected chi connectivity index (χ1v) is 6.27. The number of hydrogen-bond acceptors (Lipinski definition) is 1. The second-order valence-corrected chi connectivity index (χ2v) is 4.85. The number of carbonyl (C=O) groups is 1. The first-order chi connectivity index (χ1) is 9.70. The summed E-state index contributed by atoms with van der Waals surface area (Å²) in [5.74, 6) is -0.973. The van der Waals surface area contributed by atoms with Crippen LogP contribution in [0.5, 0.6) is 0 Å². The number of rotatable bonds is 3. The number of aliphatic carboxylic acids is 1. The number of hydrogen-bond donors (Lipinski definition) is 1. The highest BCUT2D eigenvalue weighted by atomic mass is 19.4. The van der Waals surface area contributed by atoms with Crippen molar-refractivity contribution in [3.05, 3.63) is 52.8 Å². The van der Waals surface area contributed by atoms with Crippen LogP contribution >= 0.6 is 0 Å². The van der Waals surface area contributed by atoms with Crippen LogP contribution in [-0.4, -0.2) is 15.6 Å². The fourth-order valence-electron chi connectivity index (χ4n) is 2.39. The lowest BCUT2D eigenvalue weighted by Gasteiger charge is -2.13. The molecule has 0 saturated heterocycles. The number of benzene rings is 1. The highest BCUT2D eigenvalue weighted by Gasteiger charge is 2.30. The fraction of sp³-hybridized carbons (Fsp3) is 0.267. The first-order valence-electron chi connectivity index (χ1n) is 6.27. The molecule has 0 aliphatic carbocycles. The Kier molecular flexibility index (Phi) is 3.80. The molecule has 0 atom stereocenters. The van der Waals surface area contributed by atoms with Crippen molar-refractivity contribution >= 4 is 5.97 Å². The summed E-state index contributed by atoms with van der Waals surface area (Å²) in [6, 6.07) is 6.66. The summed E-state index contributed by atoms with van der Waals surface area (Å²) in [4.78, 5) is 10.8.